The summed E-state index contributed by atoms with van der Waals surface area (Å²) >= 11 is 0. The van der Waals surface area contributed by atoms with Crippen LogP contribution >= 0.6 is 0 Å². The molecule has 0 aromatic heterocycles. The topological polar surface area (TPSA) is 35.5 Å². The van der Waals surface area contributed by atoms with E-state index in [-0.39, 0.29) is 5.97 Å². The molecule has 0 unspecified atom stereocenters. The van der Waals surface area contributed by atoms with E-state index in [1.807, 2.05) is 36.4 Å². The Morgan fingerprint density at radius 2 is 2.00 bits per heavy atom. The van der Waals surface area contributed by atoms with Crippen LogP contribution in [0.4, 0.5) is 0 Å². The molecule has 0 saturated carbocycles. The van der Waals surface area contributed by atoms with Gasteiger partial charge in [0, 0.05) is 0 Å². The summed E-state index contributed by atoms with van der Waals surface area (Å²) in [5.41, 5.74) is 1.14. The summed E-state index contributed by atoms with van der Waals surface area (Å²) in [6.45, 7) is 3.32. The second kappa shape index (κ2) is 8.53. The molecule has 0 aliphatic rings. The SMILES string of the molecule is CCOC(=O)C/C=C/COCc1ccccc1. The average molecular weight is 234 g/mol. The normalized spacial score (nSPS) is 10.6. The smallest absolute Gasteiger partial charge is 0.309 e. The van der Waals surface area contributed by atoms with Gasteiger partial charge in [0.15, 0.2) is 0 Å². The van der Waals surface area contributed by atoms with Gasteiger partial charge in [-0.25, -0.2) is 0 Å². The van der Waals surface area contributed by atoms with Crippen molar-refractivity contribution in [3.8, 4) is 0 Å². The van der Waals surface area contributed by atoms with Gasteiger partial charge in [-0.05, 0) is 12.5 Å². The third-order valence-electron chi connectivity index (χ3n) is 2.08. The lowest BCUT2D eigenvalue weighted by molar-refractivity contribution is -0.142. The van der Waals surface area contributed by atoms with Gasteiger partial charge in [-0.3, -0.25) is 4.79 Å². The molecule has 0 heterocycles. The van der Waals surface area contributed by atoms with Crippen molar-refractivity contribution < 1.29 is 14.3 Å². The molecule has 3 heteroatoms. The molecule has 1 aromatic carbocycles. The largest absolute Gasteiger partial charge is 0.466 e. The summed E-state index contributed by atoms with van der Waals surface area (Å²) in [5.74, 6) is -0.202. The van der Waals surface area contributed by atoms with Crippen molar-refractivity contribution >= 4 is 5.97 Å². The average Bonchev–Trinajstić information content (AvgIpc) is 2.35. The van der Waals surface area contributed by atoms with Gasteiger partial charge in [0.25, 0.3) is 0 Å². The first-order chi connectivity index (χ1) is 8.33. The van der Waals surface area contributed by atoms with Gasteiger partial charge in [0.05, 0.1) is 26.2 Å². The third-order valence-corrected chi connectivity index (χ3v) is 2.08. The zero-order valence-electron chi connectivity index (χ0n) is 10.1. The highest BCUT2D eigenvalue weighted by atomic mass is 16.5. The van der Waals surface area contributed by atoms with E-state index >= 15 is 0 Å². The maximum atomic E-state index is 11.0. The quantitative estimate of drug-likeness (QED) is 0.413. The number of esters is 1. The number of benzene rings is 1. The molecule has 0 radical (unpaired) electrons. The van der Waals surface area contributed by atoms with E-state index in [4.69, 9.17) is 9.47 Å². The summed E-state index contributed by atoms with van der Waals surface area (Å²) in [6.07, 6.45) is 3.91. The van der Waals surface area contributed by atoms with Crippen molar-refractivity contribution in [1.82, 2.24) is 0 Å². The van der Waals surface area contributed by atoms with Gasteiger partial charge in [-0.2, -0.15) is 0 Å². The fourth-order valence-corrected chi connectivity index (χ4v) is 1.29. The van der Waals surface area contributed by atoms with E-state index in [2.05, 4.69) is 0 Å². The third kappa shape index (κ3) is 6.53. The molecule has 1 rings (SSSR count). The van der Waals surface area contributed by atoms with Gasteiger partial charge in [0.2, 0.25) is 0 Å². The Balaban J connectivity index is 2.08. The van der Waals surface area contributed by atoms with Gasteiger partial charge >= 0.3 is 5.97 Å². The molecule has 3 nitrogen and oxygen atoms in total. The Hall–Kier alpha value is -1.61. The van der Waals surface area contributed by atoms with E-state index in [1.165, 1.54) is 0 Å². The van der Waals surface area contributed by atoms with Crippen LogP contribution in [0, 0.1) is 0 Å². The van der Waals surface area contributed by atoms with E-state index in [9.17, 15) is 4.79 Å². The lowest BCUT2D eigenvalue weighted by Crippen LogP contribution is -2.01. The molecule has 0 aliphatic heterocycles. The highest BCUT2D eigenvalue weighted by molar-refractivity contribution is 5.71. The molecule has 0 N–H and O–H groups in total. The molecule has 0 amide bonds. The lowest BCUT2D eigenvalue weighted by atomic mass is 10.2. The van der Waals surface area contributed by atoms with E-state index in [0.29, 0.717) is 26.2 Å². The monoisotopic (exact) mass is 234 g/mol. The highest BCUT2D eigenvalue weighted by Gasteiger charge is 1.95. The van der Waals surface area contributed by atoms with Gasteiger partial charge in [-0.15, -0.1) is 0 Å². The summed E-state index contributed by atoms with van der Waals surface area (Å²) in [4.78, 5) is 11.0. The fraction of sp³-hybridized carbons (Fsp3) is 0.357. The van der Waals surface area contributed by atoms with Crippen LogP contribution in [0.25, 0.3) is 0 Å². The lowest BCUT2D eigenvalue weighted by Gasteiger charge is -2.00. The van der Waals surface area contributed by atoms with Crippen molar-refractivity contribution in [2.75, 3.05) is 13.2 Å². The molecule has 92 valence electrons. The first-order valence-electron chi connectivity index (χ1n) is 5.75. The van der Waals surface area contributed by atoms with E-state index < -0.39 is 0 Å². The molecular formula is C14H18O3. The summed E-state index contributed by atoms with van der Waals surface area (Å²) in [5, 5.41) is 0. The van der Waals surface area contributed by atoms with Gasteiger partial charge in [0.1, 0.15) is 0 Å². The minimum absolute atomic E-state index is 0.202. The van der Waals surface area contributed by atoms with Crippen LogP contribution in [0.1, 0.15) is 18.9 Å². The van der Waals surface area contributed by atoms with Crippen molar-refractivity contribution in [3.05, 3.63) is 48.0 Å². The number of carbonyl (C=O) groups is 1. The minimum atomic E-state index is -0.202. The predicted octanol–water partition coefficient (Wildman–Crippen LogP) is 2.71. The molecule has 1 aromatic rings. The van der Waals surface area contributed by atoms with Crippen LogP contribution in [-0.2, 0) is 20.9 Å². The molecule has 0 atom stereocenters. The molecule has 17 heavy (non-hydrogen) atoms. The van der Waals surface area contributed by atoms with Crippen LogP contribution in [-0.4, -0.2) is 19.2 Å². The second-order valence-electron chi connectivity index (χ2n) is 3.48. The second-order valence-corrected chi connectivity index (χ2v) is 3.48. The van der Waals surface area contributed by atoms with Gasteiger partial charge < -0.3 is 9.47 Å². The molecule has 0 saturated heterocycles. The maximum absolute atomic E-state index is 11.0. The summed E-state index contributed by atoms with van der Waals surface area (Å²) in [7, 11) is 0. The minimum Gasteiger partial charge on any atom is -0.466 e. The Morgan fingerprint density at radius 1 is 1.24 bits per heavy atom. The number of hydrogen-bond acceptors (Lipinski definition) is 3. The predicted molar refractivity (Wildman–Crippen MR) is 66.5 cm³/mol. The standard InChI is InChI=1S/C14H18O3/c1-2-17-14(15)10-6-7-11-16-12-13-8-4-3-5-9-13/h3-9H,2,10-12H2,1H3/b7-6+. The number of carbonyl (C=O) groups excluding carboxylic acids is 1. The zero-order chi connectivity index (χ0) is 12.3. The van der Waals surface area contributed by atoms with Crippen LogP contribution < -0.4 is 0 Å². The van der Waals surface area contributed by atoms with Crippen LogP contribution in [0.3, 0.4) is 0 Å². The van der Waals surface area contributed by atoms with E-state index in [1.54, 1.807) is 13.0 Å². The van der Waals surface area contributed by atoms with Crippen molar-refractivity contribution in [3.63, 3.8) is 0 Å². The summed E-state index contributed by atoms with van der Waals surface area (Å²) < 4.78 is 10.2. The Labute approximate surface area is 102 Å². The van der Waals surface area contributed by atoms with Crippen molar-refractivity contribution in [1.29, 1.82) is 0 Å². The fourth-order valence-electron chi connectivity index (χ4n) is 1.29. The summed E-state index contributed by atoms with van der Waals surface area (Å²) in [6, 6.07) is 9.97. The van der Waals surface area contributed by atoms with Crippen LogP contribution in [0.5, 0.6) is 0 Å². The van der Waals surface area contributed by atoms with Crippen molar-refractivity contribution in [2.24, 2.45) is 0 Å². The molecule has 0 spiro atoms. The molecular weight excluding hydrogens is 216 g/mol. The first kappa shape index (κ1) is 13.5. The van der Waals surface area contributed by atoms with Crippen molar-refractivity contribution in [2.45, 2.75) is 20.0 Å². The van der Waals surface area contributed by atoms with Crippen LogP contribution in [0.15, 0.2) is 42.5 Å². The first-order valence-corrected chi connectivity index (χ1v) is 5.75. The zero-order valence-corrected chi connectivity index (χ0v) is 10.1. The maximum Gasteiger partial charge on any atom is 0.309 e. The highest BCUT2D eigenvalue weighted by Crippen LogP contribution is 2.00. The Morgan fingerprint density at radius 3 is 2.71 bits per heavy atom. The van der Waals surface area contributed by atoms with Gasteiger partial charge in [-0.1, -0.05) is 42.5 Å². The van der Waals surface area contributed by atoms with Crippen LogP contribution in [0.2, 0.25) is 0 Å². The number of hydrogen-bond donors (Lipinski definition) is 0. The molecule has 0 fully saturated rings. The Bertz CT molecular complexity index is 344. The van der Waals surface area contributed by atoms with E-state index in [0.717, 1.165) is 5.56 Å². The Kier molecular flexibility index (Phi) is 6.75. The molecule has 0 bridgehead atoms. The number of ether oxygens (including phenoxy) is 2. The number of rotatable bonds is 7. The molecule has 0 aliphatic carbocycles.